The molecule has 76 valence electrons. The predicted octanol–water partition coefficient (Wildman–Crippen LogP) is 4.74. The van der Waals surface area contributed by atoms with Crippen molar-refractivity contribution in [3.63, 3.8) is 0 Å². The van der Waals surface area contributed by atoms with Crippen molar-refractivity contribution in [2.75, 3.05) is 10.3 Å². The van der Waals surface area contributed by atoms with Crippen molar-refractivity contribution in [1.29, 1.82) is 0 Å². The quantitative estimate of drug-likeness (QED) is 0.520. The summed E-state index contributed by atoms with van der Waals surface area (Å²) in [5.74, 6) is 2.46. The van der Waals surface area contributed by atoms with Gasteiger partial charge in [-0.15, -0.1) is 11.6 Å². The van der Waals surface area contributed by atoms with Crippen LogP contribution in [0.5, 0.6) is 0 Å². The second-order valence-electron chi connectivity index (χ2n) is 3.74. The van der Waals surface area contributed by atoms with Crippen molar-refractivity contribution < 1.29 is 0 Å². The Labute approximate surface area is 96.6 Å². The van der Waals surface area contributed by atoms with Crippen LogP contribution in [-0.2, 0) is 0 Å². The summed E-state index contributed by atoms with van der Waals surface area (Å²) in [4.78, 5) is 0. The van der Waals surface area contributed by atoms with Crippen LogP contribution in [0.2, 0.25) is 0 Å². The first-order chi connectivity index (χ1) is 5.54. The Morgan fingerprint density at radius 1 is 1.00 bits per heavy atom. The van der Waals surface area contributed by atoms with E-state index in [-0.39, 0.29) is 0 Å². The third kappa shape index (κ3) is 22.5. The molecule has 0 aromatic heterocycles. The van der Waals surface area contributed by atoms with Crippen LogP contribution >= 0.6 is 34.2 Å². The first-order valence-electron chi connectivity index (χ1n) is 4.66. The molecule has 2 heteroatoms. The maximum absolute atomic E-state index is 5.40. The van der Waals surface area contributed by atoms with Crippen molar-refractivity contribution in [2.24, 2.45) is 11.8 Å². The van der Waals surface area contributed by atoms with Gasteiger partial charge in [-0.1, -0.05) is 50.3 Å². The summed E-state index contributed by atoms with van der Waals surface area (Å²) in [6.07, 6.45) is 2.50. The number of hydrogen-bond acceptors (Lipinski definition) is 0. The number of halogens is 2. The van der Waals surface area contributed by atoms with Crippen molar-refractivity contribution in [1.82, 2.24) is 0 Å². The SMILES string of the molecule is CC(C)CCCl.CC(C)CCI. The third-order valence-electron chi connectivity index (χ3n) is 1.37. The van der Waals surface area contributed by atoms with Gasteiger partial charge in [0.25, 0.3) is 0 Å². The second kappa shape index (κ2) is 12.0. The van der Waals surface area contributed by atoms with Gasteiger partial charge in [-0.3, -0.25) is 0 Å². The fourth-order valence-electron chi connectivity index (χ4n) is 0.436. The van der Waals surface area contributed by atoms with Gasteiger partial charge in [0.1, 0.15) is 0 Å². The molecule has 0 bridgehead atoms. The molecule has 0 N–H and O–H groups in total. The molecule has 0 saturated carbocycles. The van der Waals surface area contributed by atoms with E-state index in [9.17, 15) is 0 Å². The Bertz CT molecular complexity index is 62.2. The molecule has 0 unspecified atom stereocenters. The summed E-state index contributed by atoms with van der Waals surface area (Å²) in [6, 6.07) is 0. The van der Waals surface area contributed by atoms with Gasteiger partial charge in [0, 0.05) is 5.88 Å². The average Bonchev–Trinajstić information content (AvgIpc) is 1.87. The van der Waals surface area contributed by atoms with Gasteiger partial charge in [0.2, 0.25) is 0 Å². The van der Waals surface area contributed by atoms with Crippen LogP contribution in [0.15, 0.2) is 0 Å². The lowest BCUT2D eigenvalue weighted by molar-refractivity contribution is 0.630. The lowest BCUT2D eigenvalue weighted by Crippen LogP contribution is -1.85. The molecule has 0 saturated heterocycles. The van der Waals surface area contributed by atoms with Crippen molar-refractivity contribution in [3.05, 3.63) is 0 Å². The maximum Gasteiger partial charge on any atom is 0.0225 e. The van der Waals surface area contributed by atoms with E-state index in [1.54, 1.807) is 0 Å². The molecule has 0 spiro atoms. The first kappa shape index (κ1) is 15.5. The molecule has 0 nitrogen and oxygen atoms in total. The predicted molar refractivity (Wildman–Crippen MR) is 68.5 cm³/mol. The van der Waals surface area contributed by atoms with Crippen LogP contribution in [0, 0.1) is 11.8 Å². The topological polar surface area (TPSA) is 0 Å². The van der Waals surface area contributed by atoms with E-state index >= 15 is 0 Å². The van der Waals surface area contributed by atoms with Gasteiger partial charge >= 0.3 is 0 Å². The van der Waals surface area contributed by atoms with Crippen LogP contribution in [0.4, 0.5) is 0 Å². The van der Waals surface area contributed by atoms with Crippen LogP contribution in [0.3, 0.4) is 0 Å². The van der Waals surface area contributed by atoms with Crippen LogP contribution in [0.25, 0.3) is 0 Å². The third-order valence-corrected chi connectivity index (χ3v) is 2.21. The standard InChI is InChI=1S/C5H11Cl.C5H11I/c2*1-5(2)3-4-6/h2*5H,3-4H2,1-2H3. The zero-order valence-electron chi connectivity index (χ0n) is 8.74. The molecule has 0 atom stereocenters. The normalized spacial score (nSPS) is 10.0. The number of rotatable bonds is 4. The molecule has 0 rings (SSSR count). The van der Waals surface area contributed by atoms with Gasteiger partial charge in [-0.2, -0.15) is 0 Å². The van der Waals surface area contributed by atoms with Gasteiger partial charge in [-0.05, 0) is 29.1 Å². The molecule has 0 fully saturated rings. The fourth-order valence-corrected chi connectivity index (χ4v) is 2.12. The minimum Gasteiger partial charge on any atom is -0.127 e. The van der Waals surface area contributed by atoms with Crippen molar-refractivity contribution >= 4 is 34.2 Å². The van der Waals surface area contributed by atoms with E-state index in [1.165, 1.54) is 10.8 Å². The Kier molecular flexibility index (Phi) is 15.5. The summed E-state index contributed by atoms with van der Waals surface area (Å²) in [6.45, 7) is 8.84. The summed E-state index contributed by atoms with van der Waals surface area (Å²) < 4.78 is 1.30. The highest BCUT2D eigenvalue weighted by Gasteiger charge is 1.87. The molecule has 0 aliphatic carbocycles. The number of hydrogen-bond donors (Lipinski definition) is 0. The van der Waals surface area contributed by atoms with Crippen LogP contribution in [-0.4, -0.2) is 10.3 Å². The highest BCUT2D eigenvalue weighted by Crippen LogP contribution is 2.00. The van der Waals surface area contributed by atoms with E-state index in [0.717, 1.165) is 24.1 Å². The molecule has 0 aromatic carbocycles. The van der Waals surface area contributed by atoms with E-state index in [2.05, 4.69) is 50.3 Å². The zero-order chi connectivity index (χ0) is 9.98. The van der Waals surface area contributed by atoms with E-state index < -0.39 is 0 Å². The zero-order valence-corrected chi connectivity index (χ0v) is 11.7. The van der Waals surface area contributed by atoms with E-state index in [1.807, 2.05) is 0 Å². The molecular weight excluding hydrogens is 282 g/mol. The Morgan fingerprint density at radius 3 is 1.42 bits per heavy atom. The largest absolute Gasteiger partial charge is 0.127 e. The maximum atomic E-state index is 5.40. The van der Waals surface area contributed by atoms with Gasteiger partial charge < -0.3 is 0 Å². The molecule has 0 amide bonds. The Hall–Kier alpha value is 1.02. The lowest BCUT2D eigenvalue weighted by atomic mass is 10.2. The smallest absolute Gasteiger partial charge is 0.0225 e. The van der Waals surface area contributed by atoms with E-state index in [4.69, 9.17) is 11.6 Å². The van der Waals surface area contributed by atoms with E-state index in [0.29, 0.717) is 0 Å². The lowest BCUT2D eigenvalue weighted by Gasteiger charge is -1.94. The number of alkyl halides is 2. The molecule has 0 radical (unpaired) electrons. The monoisotopic (exact) mass is 304 g/mol. The summed E-state index contributed by atoms with van der Waals surface area (Å²) in [7, 11) is 0. The summed E-state index contributed by atoms with van der Waals surface area (Å²) in [5.41, 5.74) is 0. The molecule has 0 aromatic rings. The molecule has 0 heterocycles. The van der Waals surface area contributed by atoms with Gasteiger partial charge in [-0.25, -0.2) is 0 Å². The van der Waals surface area contributed by atoms with Crippen molar-refractivity contribution in [2.45, 2.75) is 40.5 Å². The molecule has 0 aliphatic rings. The molecular formula is C10H22ClI. The highest BCUT2D eigenvalue weighted by atomic mass is 127. The first-order valence-corrected chi connectivity index (χ1v) is 6.72. The van der Waals surface area contributed by atoms with Crippen molar-refractivity contribution in [3.8, 4) is 0 Å². The highest BCUT2D eigenvalue weighted by molar-refractivity contribution is 14.1. The van der Waals surface area contributed by atoms with Crippen LogP contribution in [0.1, 0.15) is 40.5 Å². The second-order valence-corrected chi connectivity index (χ2v) is 5.20. The van der Waals surface area contributed by atoms with Crippen LogP contribution < -0.4 is 0 Å². The summed E-state index contributed by atoms with van der Waals surface area (Å²) in [5, 5.41) is 0. The summed E-state index contributed by atoms with van der Waals surface area (Å²) >= 11 is 7.80. The average molecular weight is 305 g/mol. The Balaban J connectivity index is 0. The molecule has 0 aliphatic heterocycles. The Morgan fingerprint density at radius 2 is 1.42 bits per heavy atom. The van der Waals surface area contributed by atoms with Gasteiger partial charge in [0.15, 0.2) is 0 Å². The fraction of sp³-hybridized carbons (Fsp3) is 1.00. The molecule has 12 heavy (non-hydrogen) atoms. The minimum absolute atomic E-state index is 0.766. The minimum atomic E-state index is 0.766. The van der Waals surface area contributed by atoms with Gasteiger partial charge in [0.05, 0.1) is 0 Å².